The molecule has 0 aliphatic heterocycles. The number of aromatic nitrogens is 1. The number of methoxy groups -OCH3 is 2. The van der Waals surface area contributed by atoms with Crippen molar-refractivity contribution in [1.29, 1.82) is 0 Å². The van der Waals surface area contributed by atoms with Gasteiger partial charge >= 0.3 is 18.2 Å². The molecule has 0 saturated heterocycles. The average Bonchev–Trinajstić information content (AvgIpc) is 3.60. The van der Waals surface area contributed by atoms with E-state index in [9.17, 15) is 14.4 Å². The Labute approximate surface area is 392 Å². The second-order valence-corrected chi connectivity index (χ2v) is 17.7. The van der Waals surface area contributed by atoms with E-state index in [4.69, 9.17) is 23.7 Å². The van der Waals surface area contributed by atoms with Crippen LogP contribution in [0.2, 0.25) is 0 Å². The molecule has 2 amide bonds. The predicted octanol–water partition coefficient (Wildman–Crippen LogP) is 13.8. The molecule has 0 aliphatic carbocycles. The van der Waals surface area contributed by atoms with Gasteiger partial charge in [0.15, 0.2) is 0 Å². The van der Waals surface area contributed by atoms with Gasteiger partial charge in [0, 0.05) is 60.5 Å². The molecule has 0 fully saturated rings. The number of nitrogens with zero attached hydrogens (tertiary/aromatic N) is 2. The topological polar surface area (TPSA) is 130 Å². The predicted molar refractivity (Wildman–Crippen MR) is 267 cm³/mol. The van der Waals surface area contributed by atoms with E-state index in [2.05, 4.69) is 33.9 Å². The molecule has 0 spiro atoms. The van der Waals surface area contributed by atoms with E-state index < -0.39 is 12.2 Å². The molecule has 0 bridgehead atoms. The van der Waals surface area contributed by atoms with Crippen molar-refractivity contribution < 1.29 is 38.1 Å². The van der Waals surface area contributed by atoms with Crippen LogP contribution in [0.15, 0.2) is 36.4 Å². The Kier molecular flexibility index (Phi) is 30.9. The molecule has 368 valence electrons. The van der Waals surface area contributed by atoms with Crippen molar-refractivity contribution >= 4 is 51.3 Å². The molecule has 65 heavy (non-hydrogen) atoms. The fraction of sp³-hybridized carbons (Fsp3) is 0.717. The Balaban J connectivity index is 1.55. The number of ether oxygens (including phenoxy) is 5. The quantitative estimate of drug-likeness (QED) is 0.0325. The first kappa shape index (κ1) is 55.5. The van der Waals surface area contributed by atoms with Crippen LogP contribution < -0.4 is 10.6 Å². The lowest BCUT2D eigenvalue weighted by Crippen LogP contribution is -2.30. The van der Waals surface area contributed by atoms with Crippen LogP contribution in [0.25, 0.3) is 21.8 Å². The number of rotatable bonds is 40. The second-order valence-electron chi connectivity index (χ2n) is 17.7. The molecule has 3 aromatic rings. The van der Waals surface area contributed by atoms with E-state index in [1.807, 2.05) is 36.4 Å². The zero-order valence-corrected chi connectivity index (χ0v) is 41.2. The first-order valence-electron chi connectivity index (χ1n) is 25.7. The van der Waals surface area contributed by atoms with Gasteiger partial charge in [0.2, 0.25) is 0 Å². The number of hydrogen-bond donors (Lipinski definition) is 2. The van der Waals surface area contributed by atoms with Crippen molar-refractivity contribution in [2.24, 2.45) is 0 Å². The molecular weight excluding hydrogens is 821 g/mol. The van der Waals surface area contributed by atoms with E-state index in [-0.39, 0.29) is 25.6 Å². The smallest absolute Gasteiger partial charge is 0.411 e. The van der Waals surface area contributed by atoms with Gasteiger partial charge in [0.1, 0.15) is 19.8 Å². The largest absolute Gasteiger partial charge is 0.464 e. The normalized spacial score (nSPS) is 11.5. The van der Waals surface area contributed by atoms with Crippen LogP contribution in [-0.4, -0.2) is 94.5 Å². The summed E-state index contributed by atoms with van der Waals surface area (Å²) in [5.74, 6) is -0.232. The number of carbonyl (C=O) groups is 3. The highest BCUT2D eigenvalue weighted by molar-refractivity contribution is 6.11. The molecule has 2 N–H and O–H groups in total. The monoisotopic (exact) mass is 909 g/mol. The summed E-state index contributed by atoms with van der Waals surface area (Å²) in [6.45, 7) is 9.06. The number of anilines is 2. The van der Waals surface area contributed by atoms with E-state index in [1.54, 1.807) is 14.2 Å². The number of fused-ring (bicyclic) bond motifs is 3. The zero-order chi connectivity index (χ0) is 46.6. The number of nitrogens with one attached hydrogen (secondary N) is 2. The Bertz CT molecular complexity index is 1600. The van der Waals surface area contributed by atoms with Gasteiger partial charge in [-0.25, -0.2) is 9.59 Å². The first-order chi connectivity index (χ1) is 31.9. The average molecular weight is 909 g/mol. The number of carbonyl (C=O) groups excluding carboxylic acids is 3. The summed E-state index contributed by atoms with van der Waals surface area (Å²) in [7, 11) is 3.09. The highest BCUT2D eigenvalue weighted by atomic mass is 16.6. The highest BCUT2D eigenvalue weighted by Crippen LogP contribution is 2.33. The second kappa shape index (κ2) is 36.3. The summed E-state index contributed by atoms with van der Waals surface area (Å²) in [5, 5.41) is 7.25. The van der Waals surface area contributed by atoms with Gasteiger partial charge in [0.05, 0.1) is 19.6 Å². The third-order valence-electron chi connectivity index (χ3n) is 12.3. The lowest BCUT2D eigenvalue weighted by atomic mass is 10.0. The minimum Gasteiger partial charge on any atom is -0.464 e. The van der Waals surface area contributed by atoms with E-state index >= 15 is 0 Å². The summed E-state index contributed by atoms with van der Waals surface area (Å²) in [5.41, 5.74) is 2.85. The summed E-state index contributed by atoms with van der Waals surface area (Å²) in [6, 6.07) is 11.2. The van der Waals surface area contributed by atoms with Crippen molar-refractivity contribution in [2.45, 2.75) is 181 Å². The molecule has 1 aromatic heterocycles. The SMILES string of the molecule is CCCCCCCCCCCCCCN(CCCCCCCCCCCCCC)CCOC(=O)CCn1c2ccc(NC(=O)OCCOC)cc2c2cc(NC(=O)OCCOC)ccc21. The third kappa shape index (κ3) is 24.5. The summed E-state index contributed by atoms with van der Waals surface area (Å²) in [4.78, 5) is 40.7. The first-order valence-corrected chi connectivity index (χ1v) is 25.7. The van der Waals surface area contributed by atoms with E-state index in [1.165, 1.54) is 154 Å². The van der Waals surface area contributed by atoms with Gasteiger partial charge in [-0.05, 0) is 62.3 Å². The summed E-state index contributed by atoms with van der Waals surface area (Å²) in [6.07, 6.45) is 31.2. The maximum atomic E-state index is 13.3. The van der Waals surface area contributed by atoms with Gasteiger partial charge in [-0.1, -0.05) is 155 Å². The Morgan fingerprint density at radius 3 is 1.25 bits per heavy atom. The van der Waals surface area contributed by atoms with Crippen LogP contribution in [0.1, 0.15) is 174 Å². The van der Waals surface area contributed by atoms with Gasteiger partial charge < -0.3 is 28.3 Å². The van der Waals surface area contributed by atoms with Crippen LogP contribution in [0.3, 0.4) is 0 Å². The molecule has 12 nitrogen and oxygen atoms in total. The molecule has 2 aromatic carbocycles. The van der Waals surface area contributed by atoms with Crippen LogP contribution in [0.4, 0.5) is 21.0 Å². The molecular formula is C53H88N4O8. The fourth-order valence-corrected chi connectivity index (χ4v) is 8.50. The van der Waals surface area contributed by atoms with Gasteiger partial charge in [0.25, 0.3) is 0 Å². The molecule has 0 unspecified atom stereocenters. The van der Waals surface area contributed by atoms with Crippen molar-refractivity contribution in [3.8, 4) is 0 Å². The van der Waals surface area contributed by atoms with Crippen LogP contribution in [0, 0.1) is 0 Å². The molecule has 0 saturated carbocycles. The number of hydrogen-bond acceptors (Lipinski definition) is 9. The minimum absolute atomic E-state index is 0.131. The maximum absolute atomic E-state index is 13.3. The number of unbranched alkanes of at least 4 members (excludes halogenated alkanes) is 22. The van der Waals surface area contributed by atoms with Crippen molar-refractivity contribution in [3.05, 3.63) is 36.4 Å². The number of benzene rings is 2. The number of esters is 1. The zero-order valence-electron chi connectivity index (χ0n) is 41.2. The molecule has 1 heterocycles. The summed E-state index contributed by atoms with van der Waals surface area (Å²) >= 11 is 0. The maximum Gasteiger partial charge on any atom is 0.411 e. The van der Waals surface area contributed by atoms with Crippen molar-refractivity contribution in [3.63, 3.8) is 0 Å². The Hall–Kier alpha value is -3.87. The lowest BCUT2D eigenvalue weighted by Gasteiger charge is -2.22. The minimum atomic E-state index is -0.587. The molecule has 0 aliphatic rings. The Morgan fingerprint density at radius 1 is 0.477 bits per heavy atom. The fourth-order valence-electron chi connectivity index (χ4n) is 8.50. The molecule has 0 radical (unpaired) electrons. The summed E-state index contributed by atoms with van der Waals surface area (Å²) < 4.78 is 28.4. The van der Waals surface area contributed by atoms with Crippen LogP contribution >= 0.6 is 0 Å². The van der Waals surface area contributed by atoms with Crippen molar-refractivity contribution in [2.75, 3.05) is 77.5 Å². The van der Waals surface area contributed by atoms with Crippen molar-refractivity contribution in [1.82, 2.24) is 9.47 Å². The highest BCUT2D eigenvalue weighted by Gasteiger charge is 2.16. The standard InChI is InChI=1S/C53H88N4O8/c1-5-7-9-11-13-15-17-19-21-23-25-27-34-56(35-28-26-24-22-20-18-16-14-12-10-8-6-2)37-38-63-51(58)33-36-57-49-31-29-45(54-52(59)64-41-39-61-3)43-47(49)48-44-46(30-32-50(48)57)55-53(60)65-42-40-62-4/h29-32,43-44H,5-28,33-42H2,1-4H3,(H,54,59)(H,55,60). The molecule has 3 rings (SSSR count). The van der Waals surface area contributed by atoms with Crippen LogP contribution in [0.5, 0.6) is 0 Å². The van der Waals surface area contributed by atoms with Gasteiger partial charge in [-0.2, -0.15) is 0 Å². The third-order valence-corrected chi connectivity index (χ3v) is 12.3. The van der Waals surface area contributed by atoms with Crippen LogP contribution in [-0.2, 0) is 35.0 Å². The van der Waals surface area contributed by atoms with Gasteiger partial charge in [-0.15, -0.1) is 0 Å². The Morgan fingerprint density at radius 2 is 0.862 bits per heavy atom. The number of amides is 2. The van der Waals surface area contributed by atoms with E-state index in [0.717, 1.165) is 41.4 Å². The van der Waals surface area contributed by atoms with Gasteiger partial charge in [-0.3, -0.25) is 20.3 Å². The molecule has 0 atom stereocenters. The molecule has 12 heteroatoms. The van der Waals surface area contributed by atoms with E-state index in [0.29, 0.717) is 37.7 Å². The lowest BCUT2D eigenvalue weighted by molar-refractivity contribution is -0.144. The number of aryl methyl sites for hydroxylation is 1.